The first-order valence-electron chi connectivity index (χ1n) is 16.4. The van der Waals surface area contributed by atoms with Crippen LogP contribution in [0.25, 0.3) is 0 Å². The Bertz CT molecular complexity index is 1340. The van der Waals surface area contributed by atoms with Crippen LogP contribution in [-0.2, 0) is 13.1 Å². The summed E-state index contributed by atoms with van der Waals surface area (Å²) in [6.45, 7) is 8.57. The van der Waals surface area contributed by atoms with E-state index >= 15 is 0 Å². The molecule has 0 atom stereocenters. The number of nitrogens with one attached hydrogen (secondary N) is 2. The molecule has 0 saturated carbocycles. The van der Waals surface area contributed by atoms with Gasteiger partial charge in [0.05, 0.1) is 34.2 Å². The smallest absolute Gasteiger partial charge is 0.0566 e. The Morgan fingerprint density at radius 3 is 1.11 bits per heavy atom. The first-order chi connectivity index (χ1) is 22.8. The molecule has 0 fully saturated rings. The summed E-state index contributed by atoms with van der Waals surface area (Å²) >= 11 is 0. The summed E-state index contributed by atoms with van der Waals surface area (Å²) in [4.78, 5) is 39.5. The van der Waals surface area contributed by atoms with E-state index in [2.05, 4.69) is 86.1 Å². The summed E-state index contributed by atoms with van der Waals surface area (Å²) in [5.74, 6) is 0. The molecule has 4 bridgehead atoms. The van der Waals surface area contributed by atoms with E-state index in [0.29, 0.717) is 0 Å². The lowest BCUT2D eigenvalue weighted by molar-refractivity contribution is 0.259. The number of pyridine rings is 2. The fraction of sp³-hybridized carbons (Fsp3) is 0.389. The van der Waals surface area contributed by atoms with Gasteiger partial charge < -0.3 is 9.97 Å². The molecule has 0 saturated heterocycles. The van der Waals surface area contributed by atoms with Gasteiger partial charge in [0, 0.05) is 103 Å². The highest BCUT2D eigenvalue weighted by molar-refractivity contribution is 5.83. The zero-order valence-electron chi connectivity index (χ0n) is 26.7. The fourth-order valence-corrected chi connectivity index (χ4v) is 5.34. The number of fused-ring (bicyclic) bond motifs is 4. The second-order valence-corrected chi connectivity index (χ2v) is 11.5. The van der Waals surface area contributed by atoms with E-state index in [1.54, 1.807) is 0 Å². The second-order valence-electron chi connectivity index (χ2n) is 11.5. The maximum atomic E-state index is 4.68. The molecule has 46 heavy (non-hydrogen) atoms. The minimum absolute atomic E-state index is 0.771. The van der Waals surface area contributed by atoms with Crippen molar-refractivity contribution in [2.45, 2.75) is 38.8 Å². The Morgan fingerprint density at radius 1 is 0.457 bits per heavy atom. The van der Waals surface area contributed by atoms with E-state index in [9.17, 15) is 0 Å². The van der Waals surface area contributed by atoms with Crippen molar-refractivity contribution in [3.05, 3.63) is 107 Å². The molecule has 4 aromatic heterocycles. The van der Waals surface area contributed by atoms with Crippen LogP contribution in [-0.4, -0.2) is 107 Å². The maximum Gasteiger partial charge on any atom is 0.0566 e. The number of H-pyrrole nitrogens is 2. The molecular formula is C36H46N10. The molecule has 2 N–H and O–H groups in total. The highest BCUT2D eigenvalue weighted by atomic mass is 15.1. The number of aromatic amines is 2. The SMILES string of the molecule is C1=NCCCN(Cc2ccccn2)CCCN=Cc2ccc([nH]2)C=NCCCN(Cc2ccccn2)CCCN=Cc2ccc1[nH]2. The third kappa shape index (κ3) is 12.1. The number of hydrogen-bond acceptors (Lipinski definition) is 8. The zero-order valence-corrected chi connectivity index (χ0v) is 26.7. The van der Waals surface area contributed by atoms with Crippen LogP contribution in [0.5, 0.6) is 0 Å². The van der Waals surface area contributed by atoms with Gasteiger partial charge in [-0.1, -0.05) is 12.1 Å². The van der Waals surface area contributed by atoms with Crippen LogP contribution in [0.15, 0.2) is 93.0 Å². The van der Waals surface area contributed by atoms with Gasteiger partial charge in [-0.25, -0.2) is 0 Å². The van der Waals surface area contributed by atoms with E-state index in [0.717, 1.165) is 125 Å². The first kappa shape index (κ1) is 32.8. The zero-order chi connectivity index (χ0) is 31.5. The van der Waals surface area contributed by atoms with Crippen LogP contribution in [0.2, 0.25) is 0 Å². The monoisotopic (exact) mass is 618 g/mol. The van der Waals surface area contributed by atoms with Gasteiger partial charge in [0.2, 0.25) is 0 Å². The van der Waals surface area contributed by atoms with Crippen molar-refractivity contribution in [1.82, 2.24) is 29.7 Å². The molecule has 0 aromatic carbocycles. The Morgan fingerprint density at radius 2 is 0.804 bits per heavy atom. The van der Waals surface area contributed by atoms with Crippen LogP contribution >= 0.6 is 0 Å². The summed E-state index contributed by atoms with van der Waals surface area (Å²) in [6, 6.07) is 20.4. The van der Waals surface area contributed by atoms with Crippen LogP contribution < -0.4 is 0 Å². The lowest BCUT2D eigenvalue weighted by atomic mass is 10.2. The molecule has 0 amide bonds. The van der Waals surface area contributed by atoms with Crippen LogP contribution in [0.1, 0.15) is 59.8 Å². The number of aromatic nitrogens is 4. The molecule has 10 nitrogen and oxygen atoms in total. The van der Waals surface area contributed by atoms with Gasteiger partial charge in [0.15, 0.2) is 0 Å². The highest BCUT2D eigenvalue weighted by Gasteiger charge is 2.08. The van der Waals surface area contributed by atoms with Gasteiger partial charge in [-0.15, -0.1) is 0 Å². The molecule has 10 heteroatoms. The van der Waals surface area contributed by atoms with E-state index < -0.39 is 0 Å². The molecule has 1 aliphatic rings. The number of nitrogens with zero attached hydrogens (tertiary/aromatic N) is 8. The third-order valence-corrected chi connectivity index (χ3v) is 7.65. The number of rotatable bonds is 4. The van der Waals surface area contributed by atoms with Gasteiger partial charge in [-0.2, -0.15) is 0 Å². The molecule has 5 rings (SSSR count). The van der Waals surface area contributed by atoms with Crippen molar-refractivity contribution in [2.75, 3.05) is 52.4 Å². The standard InChI is InChI=1S/C36H46N10/c1-3-19-41-35(9-1)29-45-21-5-15-37-25-31-11-13-33(43-31)27-39-17-7-23-46(30-36-10-2-4-20-42-36)24-8-18-40-28-34-14-12-32(44-34)26-38-16-6-22-45/h1-4,9-14,19-20,25-28,43-44H,5-8,15-18,21-24,29-30H2. The van der Waals surface area contributed by atoms with Gasteiger partial charge in [0.1, 0.15) is 0 Å². The van der Waals surface area contributed by atoms with E-state index in [1.165, 1.54) is 0 Å². The average Bonchev–Trinajstić information content (AvgIpc) is 3.73. The average molecular weight is 619 g/mol. The predicted molar refractivity (Wildman–Crippen MR) is 189 cm³/mol. The molecule has 0 spiro atoms. The molecule has 240 valence electrons. The Labute approximate surface area is 272 Å². The van der Waals surface area contributed by atoms with Crippen molar-refractivity contribution in [3.8, 4) is 0 Å². The van der Waals surface area contributed by atoms with Crippen molar-refractivity contribution < 1.29 is 0 Å². The quantitative estimate of drug-likeness (QED) is 0.332. The number of hydrogen-bond donors (Lipinski definition) is 2. The van der Waals surface area contributed by atoms with Crippen LogP contribution in [0.3, 0.4) is 0 Å². The Kier molecular flexibility index (Phi) is 13.6. The summed E-state index contributed by atoms with van der Waals surface area (Å²) in [6.07, 6.45) is 15.3. The van der Waals surface area contributed by atoms with Gasteiger partial charge in [-0.3, -0.25) is 39.7 Å². The molecule has 0 unspecified atom stereocenters. The number of aliphatic imine (C=N–C) groups is 4. The minimum Gasteiger partial charge on any atom is -0.353 e. The lowest BCUT2D eigenvalue weighted by Crippen LogP contribution is -2.27. The first-order valence-corrected chi connectivity index (χ1v) is 16.4. The largest absolute Gasteiger partial charge is 0.353 e. The second kappa shape index (κ2) is 19.1. The molecule has 1 aliphatic heterocycles. The lowest BCUT2D eigenvalue weighted by Gasteiger charge is -2.21. The molecule has 0 radical (unpaired) electrons. The molecule has 0 aliphatic carbocycles. The summed E-state index contributed by atoms with van der Waals surface area (Å²) in [5, 5.41) is 0. The van der Waals surface area contributed by atoms with Crippen molar-refractivity contribution in [3.63, 3.8) is 0 Å². The highest BCUT2D eigenvalue weighted by Crippen LogP contribution is 2.07. The van der Waals surface area contributed by atoms with Gasteiger partial charge >= 0.3 is 0 Å². The Hall–Kier alpha value is -4.54. The summed E-state index contributed by atoms with van der Waals surface area (Å²) < 4.78 is 0. The predicted octanol–water partition coefficient (Wildman–Crippen LogP) is 5.09. The molecular weight excluding hydrogens is 572 g/mol. The van der Waals surface area contributed by atoms with Crippen LogP contribution in [0.4, 0.5) is 0 Å². The van der Waals surface area contributed by atoms with E-state index in [-0.39, 0.29) is 0 Å². The third-order valence-electron chi connectivity index (χ3n) is 7.65. The Balaban J connectivity index is 1.20. The van der Waals surface area contributed by atoms with Crippen LogP contribution in [0, 0.1) is 0 Å². The van der Waals surface area contributed by atoms with Crippen molar-refractivity contribution in [2.24, 2.45) is 20.0 Å². The molecule has 4 aromatic rings. The van der Waals surface area contributed by atoms with Gasteiger partial charge in [0.25, 0.3) is 0 Å². The summed E-state index contributed by atoms with van der Waals surface area (Å²) in [5.41, 5.74) is 6.16. The summed E-state index contributed by atoms with van der Waals surface area (Å²) in [7, 11) is 0. The minimum atomic E-state index is 0.771. The van der Waals surface area contributed by atoms with E-state index in [4.69, 9.17) is 0 Å². The fourth-order valence-electron chi connectivity index (χ4n) is 5.34. The normalized spacial score (nSPS) is 17.0. The van der Waals surface area contributed by atoms with Crippen molar-refractivity contribution >= 4 is 24.9 Å². The molecule has 5 heterocycles. The van der Waals surface area contributed by atoms with Crippen molar-refractivity contribution in [1.29, 1.82) is 0 Å². The van der Waals surface area contributed by atoms with E-state index in [1.807, 2.05) is 61.5 Å². The topological polar surface area (TPSA) is 113 Å². The van der Waals surface area contributed by atoms with Gasteiger partial charge in [-0.05, 0) is 74.2 Å². The maximum absolute atomic E-state index is 4.68.